The third kappa shape index (κ3) is 7.63. The van der Waals surface area contributed by atoms with Crippen LogP contribution in [0, 0.1) is 13.8 Å². The first-order valence-electron chi connectivity index (χ1n) is 8.79. The van der Waals surface area contributed by atoms with Gasteiger partial charge in [0.25, 0.3) is 5.91 Å². The highest BCUT2D eigenvalue weighted by atomic mass is 32.1. The van der Waals surface area contributed by atoms with Crippen molar-refractivity contribution in [2.45, 2.75) is 13.8 Å². The second-order valence-electron chi connectivity index (χ2n) is 6.16. The fourth-order valence-corrected chi connectivity index (χ4v) is 2.49. The van der Waals surface area contributed by atoms with Crippen LogP contribution in [0.25, 0.3) is 6.08 Å². The van der Waals surface area contributed by atoms with Crippen molar-refractivity contribution < 1.29 is 19.1 Å². The average Bonchev–Trinajstić information content (AvgIpc) is 2.70. The van der Waals surface area contributed by atoms with Crippen LogP contribution in [-0.2, 0) is 9.59 Å². The zero-order valence-electron chi connectivity index (χ0n) is 16.4. The Bertz CT molecular complexity index is 911. The van der Waals surface area contributed by atoms with Gasteiger partial charge in [-0.05, 0) is 61.5 Å². The third-order valence-electron chi connectivity index (χ3n) is 3.78. The molecule has 0 aliphatic heterocycles. The Morgan fingerprint density at radius 1 is 1.07 bits per heavy atom. The molecule has 0 aliphatic carbocycles. The summed E-state index contributed by atoms with van der Waals surface area (Å²) in [5.74, 6) is 0.494. The first kappa shape index (κ1) is 21.9. The van der Waals surface area contributed by atoms with E-state index in [2.05, 4.69) is 16.2 Å². The van der Waals surface area contributed by atoms with E-state index in [4.69, 9.17) is 21.7 Å². The number of rotatable bonds is 6. The van der Waals surface area contributed by atoms with E-state index >= 15 is 0 Å². The highest BCUT2D eigenvalue weighted by Crippen LogP contribution is 2.18. The fourth-order valence-electron chi connectivity index (χ4n) is 2.34. The van der Waals surface area contributed by atoms with Gasteiger partial charge in [0, 0.05) is 6.08 Å². The summed E-state index contributed by atoms with van der Waals surface area (Å²) in [5.41, 5.74) is 7.71. The average molecular weight is 413 g/mol. The van der Waals surface area contributed by atoms with Crippen LogP contribution in [0.15, 0.2) is 48.5 Å². The van der Waals surface area contributed by atoms with Crippen molar-refractivity contribution >= 4 is 35.2 Å². The summed E-state index contributed by atoms with van der Waals surface area (Å²) in [6.07, 6.45) is 2.97. The van der Waals surface area contributed by atoms with E-state index in [1.807, 2.05) is 44.2 Å². The first-order chi connectivity index (χ1) is 13.9. The SMILES string of the molecule is COc1ccc(C=CC(=O)NC(=S)NNC(=O)COc2ccc(C)cc2C)cc1. The minimum atomic E-state index is -0.435. The maximum atomic E-state index is 11.9. The Kier molecular flexibility index (Phi) is 8.17. The molecule has 0 spiro atoms. The van der Waals surface area contributed by atoms with Gasteiger partial charge in [0.2, 0.25) is 5.91 Å². The van der Waals surface area contributed by atoms with Crippen molar-refractivity contribution in [3.05, 3.63) is 65.2 Å². The number of amides is 2. The molecule has 0 saturated carbocycles. The summed E-state index contributed by atoms with van der Waals surface area (Å²) in [7, 11) is 1.58. The number of hydrogen-bond acceptors (Lipinski definition) is 5. The second-order valence-corrected chi connectivity index (χ2v) is 6.56. The number of carbonyl (C=O) groups is 2. The highest BCUT2D eigenvalue weighted by Gasteiger charge is 2.06. The molecule has 0 unspecified atom stereocenters. The lowest BCUT2D eigenvalue weighted by molar-refractivity contribution is -0.123. The van der Waals surface area contributed by atoms with E-state index in [0.29, 0.717) is 5.75 Å². The molecule has 0 radical (unpaired) electrons. The summed E-state index contributed by atoms with van der Waals surface area (Å²) < 4.78 is 10.5. The molecule has 3 N–H and O–H groups in total. The number of methoxy groups -OCH3 is 1. The molecule has 0 fully saturated rings. The van der Waals surface area contributed by atoms with Gasteiger partial charge in [-0.15, -0.1) is 0 Å². The maximum absolute atomic E-state index is 11.9. The highest BCUT2D eigenvalue weighted by molar-refractivity contribution is 7.80. The van der Waals surface area contributed by atoms with Crippen LogP contribution >= 0.6 is 12.2 Å². The summed E-state index contributed by atoms with van der Waals surface area (Å²) in [5, 5.41) is 2.40. The lowest BCUT2D eigenvalue weighted by atomic mass is 10.1. The van der Waals surface area contributed by atoms with Gasteiger partial charge in [0.1, 0.15) is 11.5 Å². The van der Waals surface area contributed by atoms with Gasteiger partial charge < -0.3 is 9.47 Å². The fraction of sp³-hybridized carbons (Fsp3) is 0.190. The Labute approximate surface area is 175 Å². The molecule has 0 heterocycles. The number of carbonyl (C=O) groups excluding carboxylic acids is 2. The van der Waals surface area contributed by atoms with Crippen molar-refractivity contribution in [1.29, 1.82) is 0 Å². The zero-order valence-corrected chi connectivity index (χ0v) is 17.3. The smallest absolute Gasteiger partial charge is 0.276 e. The van der Waals surface area contributed by atoms with E-state index < -0.39 is 11.8 Å². The van der Waals surface area contributed by atoms with E-state index in [9.17, 15) is 9.59 Å². The van der Waals surface area contributed by atoms with Crippen molar-refractivity contribution in [3.8, 4) is 11.5 Å². The summed E-state index contributed by atoms with van der Waals surface area (Å²) in [6.45, 7) is 3.70. The van der Waals surface area contributed by atoms with Gasteiger partial charge in [0.05, 0.1) is 7.11 Å². The molecule has 2 aromatic rings. The van der Waals surface area contributed by atoms with E-state index in [-0.39, 0.29) is 11.7 Å². The molecule has 7 nitrogen and oxygen atoms in total. The van der Waals surface area contributed by atoms with Crippen LogP contribution in [0.1, 0.15) is 16.7 Å². The lowest BCUT2D eigenvalue weighted by Gasteiger charge is -2.12. The molecule has 0 saturated heterocycles. The Balaban J connectivity index is 1.71. The molecule has 0 bridgehead atoms. The van der Waals surface area contributed by atoms with Crippen LogP contribution in [0.4, 0.5) is 0 Å². The summed E-state index contributed by atoms with van der Waals surface area (Å²) >= 11 is 4.98. The topological polar surface area (TPSA) is 88.7 Å². The molecule has 8 heteroatoms. The third-order valence-corrected chi connectivity index (χ3v) is 3.99. The number of nitrogens with one attached hydrogen (secondary N) is 3. The van der Waals surface area contributed by atoms with Gasteiger partial charge >= 0.3 is 0 Å². The van der Waals surface area contributed by atoms with Crippen LogP contribution < -0.4 is 25.6 Å². The summed E-state index contributed by atoms with van der Waals surface area (Å²) in [4.78, 5) is 23.7. The normalized spacial score (nSPS) is 10.3. The number of aryl methyl sites for hydroxylation is 2. The van der Waals surface area contributed by atoms with Crippen LogP contribution in [0.2, 0.25) is 0 Å². The van der Waals surface area contributed by atoms with Crippen LogP contribution in [-0.4, -0.2) is 30.6 Å². The number of thiocarbonyl (C=S) groups is 1. The molecule has 2 amide bonds. The molecule has 0 aliphatic rings. The predicted molar refractivity (Wildman–Crippen MR) is 115 cm³/mol. The van der Waals surface area contributed by atoms with E-state index in [1.165, 1.54) is 6.08 Å². The molecule has 29 heavy (non-hydrogen) atoms. The van der Waals surface area contributed by atoms with Crippen LogP contribution in [0.5, 0.6) is 11.5 Å². The quantitative estimate of drug-likeness (QED) is 0.383. The van der Waals surface area contributed by atoms with E-state index in [0.717, 1.165) is 22.4 Å². The predicted octanol–water partition coefficient (Wildman–Crippen LogP) is 2.43. The molecule has 0 aromatic heterocycles. The number of ether oxygens (including phenoxy) is 2. The molecular formula is C21H23N3O4S. The minimum Gasteiger partial charge on any atom is -0.497 e. The Hall–Kier alpha value is -3.39. The number of hydrazine groups is 1. The van der Waals surface area contributed by atoms with Crippen molar-refractivity contribution in [2.24, 2.45) is 0 Å². The molecule has 2 aromatic carbocycles. The number of benzene rings is 2. The van der Waals surface area contributed by atoms with Crippen LogP contribution in [0.3, 0.4) is 0 Å². The molecule has 152 valence electrons. The molecule has 0 atom stereocenters. The largest absolute Gasteiger partial charge is 0.497 e. The maximum Gasteiger partial charge on any atom is 0.276 e. The molecule has 2 rings (SSSR count). The Morgan fingerprint density at radius 3 is 2.45 bits per heavy atom. The van der Waals surface area contributed by atoms with Crippen molar-refractivity contribution in [3.63, 3.8) is 0 Å². The minimum absolute atomic E-state index is 0.0331. The first-order valence-corrected chi connectivity index (χ1v) is 9.20. The number of hydrogen-bond donors (Lipinski definition) is 3. The monoisotopic (exact) mass is 413 g/mol. The molecular weight excluding hydrogens is 390 g/mol. The van der Waals surface area contributed by atoms with Gasteiger partial charge in [0.15, 0.2) is 11.7 Å². The van der Waals surface area contributed by atoms with Gasteiger partial charge in [-0.25, -0.2) is 0 Å². The van der Waals surface area contributed by atoms with Gasteiger partial charge in [-0.1, -0.05) is 29.8 Å². The van der Waals surface area contributed by atoms with Crippen molar-refractivity contribution in [2.75, 3.05) is 13.7 Å². The van der Waals surface area contributed by atoms with Crippen molar-refractivity contribution in [1.82, 2.24) is 16.2 Å². The summed E-state index contributed by atoms with van der Waals surface area (Å²) in [6, 6.07) is 12.9. The second kappa shape index (κ2) is 10.8. The zero-order chi connectivity index (χ0) is 21.2. The van der Waals surface area contributed by atoms with Gasteiger partial charge in [-0.2, -0.15) is 0 Å². The Morgan fingerprint density at radius 2 is 1.79 bits per heavy atom. The van der Waals surface area contributed by atoms with Gasteiger partial charge in [-0.3, -0.25) is 25.8 Å². The standard InChI is InChI=1S/C21H23N3O4S/c1-14-4-10-18(15(2)12-14)28-13-20(26)23-24-21(29)22-19(25)11-7-16-5-8-17(27-3)9-6-16/h4-12H,13H2,1-3H3,(H,23,26)(H2,22,24,25,29). The van der Waals surface area contributed by atoms with E-state index in [1.54, 1.807) is 25.3 Å². The lowest BCUT2D eigenvalue weighted by Crippen LogP contribution is -2.49.